The van der Waals surface area contributed by atoms with Crippen molar-refractivity contribution in [1.82, 2.24) is 4.98 Å². The van der Waals surface area contributed by atoms with E-state index in [1.807, 2.05) is 23.6 Å². The third-order valence-corrected chi connectivity index (χ3v) is 9.66. The quantitative estimate of drug-likeness (QED) is 0.388. The van der Waals surface area contributed by atoms with Crippen molar-refractivity contribution >= 4 is 53.8 Å². The van der Waals surface area contributed by atoms with Crippen LogP contribution in [0.4, 0.5) is 5.13 Å². The summed E-state index contributed by atoms with van der Waals surface area (Å²) >= 11 is 11.1. The molecular formula is C22H22BrClN2O4S2. The van der Waals surface area contributed by atoms with Gasteiger partial charge in [-0.25, -0.2) is 13.4 Å². The second-order valence-electron chi connectivity index (χ2n) is 7.39. The summed E-state index contributed by atoms with van der Waals surface area (Å²) in [6, 6.07) is 10.5. The van der Waals surface area contributed by atoms with Crippen LogP contribution in [0.5, 0.6) is 11.5 Å². The number of piperidine rings is 1. The first-order valence-corrected chi connectivity index (χ1v) is 13.5. The van der Waals surface area contributed by atoms with Gasteiger partial charge in [-0.1, -0.05) is 27.5 Å². The van der Waals surface area contributed by atoms with Gasteiger partial charge in [0, 0.05) is 28.5 Å². The molecule has 32 heavy (non-hydrogen) atoms. The molecule has 3 aromatic rings. The topological polar surface area (TPSA) is 68.7 Å². The van der Waals surface area contributed by atoms with E-state index in [0.717, 1.165) is 32.4 Å². The van der Waals surface area contributed by atoms with Crippen LogP contribution < -0.4 is 14.4 Å². The van der Waals surface area contributed by atoms with Crippen molar-refractivity contribution in [2.75, 3.05) is 32.2 Å². The van der Waals surface area contributed by atoms with Crippen molar-refractivity contribution in [2.24, 2.45) is 0 Å². The van der Waals surface area contributed by atoms with Gasteiger partial charge < -0.3 is 14.4 Å². The molecule has 6 nitrogen and oxygen atoms in total. The fourth-order valence-electron chi connectivity index (χ4n) is 3.79. The fraction of sp³-hybridized carbons (Fsp3) is 0.318. The van der Waals surface area contributed by atoms with Crippen LogP contribution in [0, 0.1) is 0 Å². The first-order chi connectivity index (χ1) is 15.3. The Labute approximate surface area is 205 Å². The number of ether oxygens (including phenoxy) is 2. The maximum absolute atomic E-state index is 13.1. The molecule has 0 unspecified atom stereocenters. The van der Waals surface area contributed by atoms with Gasteiger partial charge in [0.25, 0.3) is 0 Å². The molecule has 0 N–H and O–H groups in total. The Bertz CT molecular complexity index is 1220. The molecule has 2 aromatic carbocycles. The number of rotatable bonds is 6. The van der Waals surface area contributed by atoms with Gasteiger partial charge in [0.2, 0.25) is 0 Å². The van der Waals surface area contributed by atoms with E-state index >= 15 is 0 Å². The van der Waals surface area contributed by atoms with Gasteiger partial charge in [0.15, 0.2) is 15.0 Å². The zero-order valence-corrected chi connectivity index (χ0v) is 21.5. The van der Waals surface area contributed by atoms with Gasteiger partial charge in [-0.15, -0.1) is 11.3 Å². The maximum Gasteiger partial charge on any atom is 0.185 e. The number of hydrogen-bond acceptors (Lipinski definition) is 7. The monoisotopic (exact) mass is 556 g/mol. The highest BCUT2D eigenvalue weighted by molar-refractivity contribution is 9.10. The molecule has 1 aromatic heterocycles. The van der Waals surface area contributed by atoms with Crippen molar-refractivity contribution in [1.29, 1.82) is 0 Å². The van der Waals surface area contributed by atoms with E-state index in [0.29, 0.717) is 25.9 Å². The van der Waals surface area contributed by atoms with Gasteiger partial charge in [-0.3, -0.25) is 0 Å². The fourth-order valence-corrected chi connectivity index (χ4v) is 7.44. The van der Waals surface area contributed by atoms with Crippen LogP contribution in [-0.2, 0) is 9.84 Å². The highest BCUT2D eigenvalue weighted by Gasteiger charge is 2.33. The van der Waals surface area contributed by atoms with Crippen molar-refractivity contribution < 1.29 is 17.9 Å². The molecule has 0 saturated carbocycles. The number of thiazole rings is 1. The molecule has 4 rings (SSSR count). The van der Waals surface area contributed by atoms with Gasteiger partial charge in [0.05, 0.1) is 35.1 Å². The van der Waals surface area contributed by atoms with Crippen molar-refractivity contribution in [3.8, 4) is 22.8 Å². The lowest BCUT2D eigenvalue weighted by molar-refractivity contribution is 0.404. The predicted molar refractivity (Wildman–Crippen MR) is 132 cm³/mol. The summed E-state index contributed by atoms with van der Waals surface area (Å²) in [6.45, 7) is 1.22. The summed E-state index contributed by atoms with van der Waals surface area (Å²) in [5.74, 6) is 1.45. The number of methoxy groups -OCH3 is 2. The molecule has 1 saturated heterocycles. The summed E-state index contributed by atoms with van der Waals surface area (Å²) < 4.78 is 37.8. The van der Waals surface area contributed by atoms with Crippen molar-refractivity contribution in [3.63, 3.8) is 0 Å². The van der Waals surface area contributed by atoms with E-state index in [9.17, 15) is 8.42 Å². The van der Waals surface area contributed by atoms with Crippen LogP contribution in [0.3, 0.4) is 0 Å². The summed E-state index contributed by atoms with van der Waals surface area (Å²) in [5, 5.41) is 2.63. The molecule has 170 valence electrons. The van der Waals surface area contributed by atoms with Crippen molar-refractivity contribution in [3.05, 3.63) is 51.3 Å². The highest BCUT2D eigenvalue weighted by atomic mass is 79.9. The highest BCUT2D eigenvalue weighted by Crippen LogP contribution is 2.37. The molecule has 0 spiro atoms. The first-order valence-electron chi connectivity index (χ1n) is 9.95. The second-order valence-corrected chi connectivity index (χ2v) is 11.7. The van der Waals surface area contributed by atoms with Gasteiger partial charge >= 0.3 is 0 Å². The lowest BCUT2D eigenvalue weighted by Gasteiger charge is -2.31. The minimum absolute atomic E-state index is 0.197. The minimum Gasteiger partial charge on any atom is -0.497 e. The Hall–Kier alpha value is -1.81. The maximum atomic E-state index is 13.1. The Kier molecular flexibility index (Phi) is 7.00. The molecule has 2 heterocycles. The summed E-state index contributed by atoms with van der Waals surface area (Å²) in [5.41, 5.74) is 1.66. The molecule has 0 amide bonds. The third-order valence-electron chi connectivity index (χ3n) is 5.53. The molecule has 1 aliphatic rings. The number of anilines is 1. The molecular weight excluding hydrogens is 536 g/mol. The first kappa shape index (κ1) is 23.4. The number of nitrogens with zero attached hydrogens (tertiary/aromatic N) is 2. The molecule has 1 aliphatic heterocycles. The Morgan fingerprint density at radius 2 is 1.88 bits per heavy atom. The van der Waals surface area contributed by atoms with E-state index in [2.05, 4.69) is 20.8 Å². The van der Waals surface area contributed by atoms with Crippen LogP contribution in [-0.4, -0.2) is 46.0 Å². The van der Waals surface area contributed by atoms with E-state index in [1.165, 1.54) is 11.3 Å². The van der Waals surface area contributed by atoms with Crippen LogP contribution in [0.2, 0.25) is 5.02 Å². The van der Waals surface area contributed by atoms with E-state index < -0.39 is 15.1 Å². The Morgan fingerprint density at radius 3 is 2.53 bits per heavy atom. The minimum atomic E-state index is -3.50. The standard InChI is InChI=1S/C22H22BrClN2O4S2/c1-29-15-4-5-20(30-2)17(12-15)19-13-31-22(25-19)26-9-7-16(8-10-26)32(27,28)21-6-3-14(23)11-18(21)24/h3-6,11-13,16H,7-10H2,1-2H3. The summed E-state index contributed by atoms with van der Waals surface area (Å²) in [6.07, 6.45) is 1.04. The second kappa shape index (κ2) is 9.59. The van der Waals surface area contributed by atoms with Crippen LogP contribution >= 0.6 is 38.9 Å². The van der Waals surface area contributed by atoms with E-state index in [4.69, 9.17) is 26.1 Å². The van der Waals surface area contributed by atoms with Gasteiger partial charge in [0.1, 0.15) is 11.5 Å². The van der Waals surface area contributed by atoms with Crippen molar-refractivity contribution in [2.45, 2.75) is 23.0 Å². The number of benzene rings is 2. The molecule has 0 radical (unpaired) electrons. The number of halogens is 2. The van der Waals surface area contributed by atoms with Crippen LogP contribution in [0.1, 0.15) is 12.8 Å². The van der Waals surface area contributed by atoms with Crippen LogP contribution in [0.25, 0.3) is 11.3 Å². The number of sulfone groups is 1. The normalized spacial score (nSPS) is 15.1. The Morgan fingerprint density at radius 1 is 1.12 bits per heavy atom. The molecule has 0 atom stereocenters. The lowest BCUT2D eigenvalue weighted by atomic mass is 10.1. The molecule has 1 fully saturated rings. The van der Waals surface area contributed by atoms with E-state index in [1.54, 1.807) is 32.4 Å². The van der Waals surface area contributed by atoms with E-state index in [-0.39, 0.29) is 9.92 Å². The molecule has 0 aliphatic carbocycles. The SMILES string of the molecule is COc1ccc(OC)c(-c2csc(N3CCC(S(=O)(=O)c4ccc(Br)cc4Cl)CC3)n2)c1. The average Bonchev–Trinajstić information content (AvgIpc) is 3.28. The van der Waals surface area contributed by atoms with Gasteiger partial charge in [-0.05, 0) is 49.2 Å². The smallest absolute Gasteiger partial charge is 0.185 e. The van der Waals surface area contributed by atoms with Crippen LogP contribution in [0.15, 0.2) is 51.1 Å². The summed E-state index contributed by atoms with van der Waals surface area (Å²) in [4.78, 5) is 7.12. The molecule has 0 bridgehead atoms. The third kappa shape index (κ3) is 4.62. The lowest BCUT2D eigenvalue weighted by Crippen LogP contribution is -2.39. The number of hydrogen-bond donors (Lipinski definition) is 0. The van der Waals surface area contributed by atoms with Gasteiger partial charge in [-0.2, -0.15) is 0 Å². The zero-order valence-electron chi connectivity index (χ0n) is 17.5. The number of aromatic nitrogens is 1. The average molecular weight is 558 g/mol. The summed E-state index contributed by atoms with van der Waals surface area (Å²) in [7, 11) is -0.247. The largest absolute Gasteiger partial charge is 0.497 e. The zero-order chi connectivity index (χ0) is 22.9. The molecule has 10 heteroatoms. The Balaban J connectivity index is 1.50. The predicted octanol–water partition coefficient (Wildman–Crippen LogP) is 5.69.